The Labute approximate surface area is 195 Å². The first-order chi connectivity index (χ1) is 16.4. The van der Waals surface area contributed by atoms with Crippen molar-refractivity contribution in [3.63, 3.8) is 0 Å². The molecule has 5 rings (SSSR count). The fourth-order valence-corrected chi connectivity index (χ4v) is 4.06. The van der Waals surface area contributed by atoms with Crippen molar-refractivity contribution < 1.29 is 18.7 Å². The summed E-state index contributed by atoms with van der Waals surface area (Å²) in [6.45, 7) is 7.25. The van der Waals surface area contributed by atoms with Gasteiger partial charge in [-0.15, -0.1) is 0 Å². The fourth-order valence-electron chi connectivity index (χ4n) is 4.06. The molecule has 1 amide bonds. The second kappa shape index (κ2) is 8.86. The number of nitrogens with zero attached hydrogens (tertiary/aromatic N) is 5. The monoisotopic (exact) mass is 464 g/mol. The highest BCUT2D eigenvalue weighted by molar-refractivity contribution is 6.06. The largest absolute Gasteiger partial charge is 0.468 e. The van der Waals surface area contributed by atoms with Crippen molar-refractivity contribution >= 4 is 16.9 Å². The highest BCUT2D eigenvalue weighted by Gasteiger charge is 2.27. The minimum absolute atomic E-state index is 0.0141. The quantitative estimate of drug-likeness (QED) is 0.485. The molecule has 0 unspecified atom stereocenters. The van der Waals surface area contributed by atoms with Gasteiger partial charge in [-0.3, -0.25) is 19.4 Å². The van der Waals surface area contributed by atoms with Crippen LogP contribution in [0.5, 0.6) is 5.88 Å². The number of morpholine rings is 1. The molecule has 1 fully saturated rings. The van der Waals surface area contributed by atoms with E-state index in [0.29, 0.717) is 53.7 Å². The molecule has 10 heteroatoms. The van der Waals surface area contributed by atoms with E-state index in [1.54, 1.807) is 27.8 Å². The molecule has 1 aliphatic rings. The first-order valence-corrected chi connectivity index (χ1v) is 11.1. The van der Waals surface area contributed by atoms with Gasteiger partial charge >= 0.3 is 0 Å². The van der Waals surface area contributed by atoms with Gasteiger partial charge in [0.2, 0.25) is 5.88 Å². The van der Waals surface area contributed by atoms with Crippen molar-refractivity contribution in [2.24, 2.45) is 0 Å². The Morgan fingerprint density at radius 1 is 1.32 bits per heavy atom. The number of hydrogen-bond donors (Lipinski definition) is 1. The molecule has 4 aromatic rings. The van der Waals surface area contributed by atoms with Crippen LogP contribution < -0.4 is 4.74 Å². The molecule has 5 heterocycles. The Balaban J connectivity index is 1.53. The first-order valence-electron chi connectivity index (χ1n) is 11.1. The van der Waals surface area contributed by atoms with Gasteiger partial charge in [0.1, 0.15) is 11.9 Å². The lowest BCUT2D eigenvalue weighted by Crippen LogP contribution is -2.44. The molecule has 0 radical (unpaired) electrons. The molecule has 2 atom stereocenters. The predicted molar refractivity (Wildman–Crippen MR) is 123 cm³/mol. The van der Waals surface area contributed by atoms with Crippen molar-refractivity contribution in [1.29, 1.82) is 0 Å². The van der Waals surface area contributed by atoms with E-state index in [2.05, 4.69) is 15.2 Å². The molecule has 1 N–H and O–H groups in total. The van der Waals surface area contributed by atoms with E-state index in [9.17, 15) is 9.18 Å². The number of H-pyrrole nitrogens is 1. The maximum atomic E-state index is 13.4. The number of ether oxygens (including phenoxy) is 2. The maximum absolute atomic E-state index is 13.4. The zero-order valence-corrected chi connectivity index (χ0v) is 19.2. The van der Waals surface area contributed by atoms with Gasteiger partial charge in [0.15, 0.2) is 11.5 Å². The average molecular weight is 465 g/mol. The number of pyridine rings is 2. The lowest BCUT2D eigenvalue weighted by atomic mass is 10.1. The van der Waals surface area contributed by atoms with Gasteiger partial charge in [0.05, 0.1) is 30.2 Å². The Morgan fingerprint density at radius 2 is 2.18 bits per heavy atom. The van der Waals surface area contributed by atoms with Crippen LogP contribution in [0.2, 0.25) is 0 Å². The number of fused-ring (bicyclic) bond motifs is 1. The standard InChI is InChI=1S/C24H25FN6O3/c1-14-10-21(29-28-14)31-13-19(24(32)30-8-9-33-15(2)12-30)18-5-7-22(27-23(18)31)34-16(3)20-6-4-17(25)11-26-20/h4-7,10-11,13,15-16H,8-9,12H2,1-3H3,(H,28,29)/t15-,16-/m0/s1. The summed E-state index contributed by atoms with van der Waals surface area (Å²) >= 11 is 0. The number of rotatable bonds is 5. The number of aromatic nitrogens is 5. The third-order valence-corrected chi connectivity index (χ3v) is 5.79. The van der Waals surface area contributed by atoms with Gasteiger partial charge in [-0.1, -0.05) is 0 Å². The highest BCUT2D eigenvalue weighted by atomic mass is 19.1. The van der Waals surface area contributed by atoms with Crippen molar-refractivity contribution in [2.45, 2.75) is 33.0 Å². The van der Waals surface area contributed by atoms with Gasteiger partial charge in [-0.2, -0.15) is 10.1 Å². The Hall–Kier alpha value is -3.79. The molecule has 9 nitrogen and oxygen atoms in total. The number of aromatic amines is 1. The molecule has 0 spiro atoms. The van der Waals surface area contributed by atoms with E-state index in [1.807, 2.05) is 32.9 Å². The number of carbonyl (C=O) groups excluding carboxylic acids is 1. The number of amides is 1. The van der Waals surface area contributed by atoms with Gasteiger partial charge in [0, 0.05) is 42.5 Å². The zero-order chi connectivity index (χ0) is 23.8. The van der Waals surface area contributed by atoms with Crippen molar-refractivity contribution in [3.8, 4) is 11.7 Å². The molecule has 0 aromatic carbocycles. The first kappa shape index (κ1) is 22.0. The summed E-state index contributed by atoms with van der Waals surface area (Å²) in [5, 5.41) is 7.98. The van der Waals surface area contributed by atoms with Crippen LogP contribution in [-0.2, 0) is 4.74 Å². The van der Waals surface area contributed by atoms with Crippen LogP contribution in [0.3, 0.4) is 0 Å². The Morgan fingerprint density at radius 3 is 2.88 bits per heavy atom. The van der Waals surface area contributed by atoms with E-state index < -0.39 is 11.9 Å². The molecule has 0 bridgehead atoms. The summed E-state index contributed by atoms with van der Waals surface area (Å²) < 4.78 is 26.6. The number of halogens is 1. The summed E-state index contributed by atoms with van der Waals surface area (Å²) in [6, 6.07) is 8.35. The Kier molecular flexibility index (Phi) is 5.74. The lowest BCUT2D eigenvalue weighted by molar-refractivity contribution is -0.0123. The molecule has 0 aliphatic carbocycles. The third-order valence-electron chi connectivity index (χ3n) is 5.79. The van der Waals surface area contributed by atoms with Crippen LogP contribution >= 0.6 is 0 Å². The Bertz CT molecular complexity index is 1330. The van der Waals surface area contributed by atoms with E-state index in [1.165, 1.54) is 6.07 Å². The van der Waals surface area contributed by atoms with Gasteiger partial charge in [-0.25, -0.2) is 4.39 Å². The third kappa shape index (κ3) is 4.24. The second-order valence-electron chi connectivity index (χ2n) is 8.44. The highest BCUT2D eigenvalue weighted by Crippen LogP contribution is 2.28. The topological polar surface area (TPSA) is 98.2 Å². The van der Waals surface area contributed by atoms with Gasteiger partial charge < -0.3 is 14.4 Å². The molecule has 176 valence electrons. The fraction of sp³-hybridized carbons (Fsp3) is 0.333. The molecular formula is C24H25FN6O3. The summed E-state index contributed by atoms with van der Waals surface area (Å²) in [4.78, 5) is 24.0. The summed E-state index contributed by atoms with van der Waals surface area (Å²) in [5.41, 5.74) is 2.55. The van der Waals surface area contributed by atoms with Crippen LogP contribution in [0.1, 0.15) is 41.7 Å². The number of nitrogens with one attached hydrogen (secondary N) is 1. The maximum Gasteiger partial charge on any atom is 0.256 e. The van der Waals surface area contributed by atoms with Crippen LogP contribution in [0.4, 0.5) is 4.39 Å². The molecule has 1 aliphatic heterocycles. The molecule has 0 saturated carbocycles. The SMILES string of the molecule is Cc1cc(-n2cc(C(=O)N3CCO[C@@H](C)C3)c3ccc(O[C@@H](C)c4ccc(F)cn4)nc32)n[nH]1. The van der Waals surface area contributed by atoms with Crippen LogP contribution in [0.25, 0.3) is 16.9 Å². The van der Waals surface area contributed by atoms with Crippen LogP contribution in [0, 0.1) is 12.7 Å². The summed E-state index contributed by atoms with van der Waals surface area (Å²) in [5.74, 6) is 0.492. The van der Waals surface area contributed by atoms with E-state index in [-0.39, 0.29) is 12.0 Å². The molecule has 1 saturated heterocycles. The van der Waals surface area contributed by atoms with Gasteiger partial charge in [-0.05, 0) is 39.0 Å². The predicted octanol–water partition coefficient (Wildman–Crippen LogP) is 3.59. The summed E-state index contributed by atoms with van der Waals surface area (Å²) in [6.07, 6.45) is 2.46. The number of carbonyl (C=O) groups is 1. The molecular weight excluding hydrogens is 439 g/mol. The minimum atomic E-state index is -0.447. The molecule has 4 aromatic heterocycles. The lowest BCUT2D eigenvalue weighted by Gasteiger charge is -2.31. The number of aryl methyl sites for hydroxylation is 1. The summed E-state index contributed by atoms with van der Waals surface area (Å²) in [7, 11) is 0. The minimum Gasteiger partial charge on any atom is -0.468 e. The second-order valence-corrected chi connectivity index (χ2v) is 8.44. The number of hydrogen-bond acceptors (Lipinski definition) is 6. The van der Waals surface area contributed by atoms with E-state index in [4.69, 9.17) is 14.5 Å². The van der Waals surface area contributed by atoms with Gasteiger partial charge in [0.25, 0.3) is 5.91 Å². The van der Waals surface area contributed by atoms with Crippen molar-refractivity contribution in [2.75, 3.05) is 19.7 Å². The average Bonchev–Trinajstić information content (AvgIpc) is 3.42. The van der Waals surface area contributed by atoms with Crippen LogP contribution in [-0.4, -0.2) is 61.3 Å². The van der Waals surface area contributed by atoms with E-state index >= 15 is 0 Å². The normalized spacial score (nSPS) is 17.2. The van der Waals surface area contributed by atoms with E-state index in [0.717, 1.165) is 11.9 Å². The van der Waals surface area contributed by atoms with Crippen molar-refractivity contribution in [3.05, 3.63) is 65.5 Å². The zero-order valence-electron chi connectivity index (χ0n) is 19.2. The van der Waals surface area contributed by atoms with Crippen molar-refractivity contribution in [1.82, 2.24) is 29.6 Å². The van der Waals surface area contributed by atoms with Crippen LogP contribution in [0.15, 0.2) is 42.7 Å². The smallest absolute Gasteiger partial charge is 0.256 e. The molecule has 34 heavy (non-hydrogen) atoms.